The molecule has 0 heterocycles. The summed E-state index contributed by atoms with van der Waals surface area (Å²) in [6.07, 6.45) is 0. The second kappa shape index (κ2) is 7.16. The Morgan fingerprint density at radius 3 is 2.33 bits per heavy atom. The molecule has 2 aromatic rings. The van der Waals surface area contributed by atoms with E-state index >= 15 is 0 Å². The summed E-state index contributed by atoms with van der Waals surface area (Å²) in [6, 6.07) is 15.4. The van der Waals surface area contributed by atoms with E-state index in [9.17, 15) is 14.9 Å². The van der Waals surface area contributed by atoms with Crippen LogP contribution < -0.4 is 10.6 Å². The lowest BCUT2D eigenvalue weighted by molar-refractivity contribution is -0.384. The molecule has 6 heteroatoms. The van der Waals surface area contributed by atoms with Crippen LogP contribution in [0.2, 0.25) is 0 Å². The van der Waals surface area contributed by atoms with E-state index in [0.29, 0.717) is 6.54 Å². The number of nitro groups is 1. The summed E-state index contributed by atoms with van der Waals surface area (Å²) in [4.78, 5) is 21.8. The Bertz CT molecular complexity index is 612. The number of carbonyl (C=O) groups excluding carboxylic acids is 1. The Kier molecular flexibility index (Phi) is 5.00. The van der Waals surface area contributed by atoms with Crippen molar-refractivity contribution in [2.75, 3.05) is 11.9 Å². The smallest absolute Gasteiger partial charge is 0.269 e. The standard InChI is InChI=1S/C15H15N3O3/c19-15(17-13-4-2-1-3-5-13)11-16-10-12-6-8-14(9-7-12)18(20)21/h1-9,16H,10-11H2,(H,17,19). The molecule has 0 saturated carbocycles. The van der Waals surface area contributed by atoms with Crippen molar-refractivity contribution >= 4 is 17.3 Å². The fourth-order valence-electron chi connectivity index (χ4n) is 1.78. The predicted molar refractivity (Wildman–Crippen MR) is 79.9 cm³/mol. The lowest BCUT2D eigenvalue weighted by Crippen LogP contribution is -2.27. The number of non-ortho nitro benzene ring substituents is 1. The summed E-state index contributed by atoms with van der Waals surface area (Å²) in [7, 11) is 0. The number of hydrogen-bond donors (Lipinski definition) is 2. The Morgan fingerprint density at radius 2 is 1.71 bits per heavy atom. The minimum absolute atomic E-state index is 0.0561. The average Bonchev–Trinajstić information content (AvgIpc) is 2.49. The fraction of sp³-hybridized carbons (Fsp3) is 0.133. The van der Waals surface area contributed by atoms with Gasteiger partial charge in [-0.2, -0.15) is 0 Å². The third kappa shape index (κ3) is 4.70. The molecule has 0 spiro atoms. The highest BCUT2D eigenvalue weighted by atomic mass is 16.6. The van der Waals surface area contributed by atoms with E-state index in [1.165, 1.54) is 12.1 Å². The first-order valence-electron chi connectivity index (χ1n) is 6.44. The van der Waals surface area contributed by atoms with Crippen molar-refractivity contribution in [3.63, 3.8) is 0 Å². The van der Waals surface area contributed by atoms with Gasteiger partial charge in [0, 0.05) is 24.4 Å². The van der Waals surface area contributed by atoms with Crippen LogP contribution in [-0.2, 0) is 11.3 Å². The van der Waals surface area contributed by atoms with Gasteiger partial charge in [-0.3, -0.25) is 14.9 Å². The van der Waals surface area contributed by atoms with Crippen LogP contribution in [0.4, 0.5) is 11.4 Å². The third-order valence-electron chi connectivity index (χ3n) is 2.82. The van der Waals surface area contributed by atoms with Gasteiger partial charge in [0.2, 0.25) is 5.91 Å². The minimum atomic E-state index is -0.440. The second-order valence-electron chi connectivity index (χ2n) is 4.44. The maximum absolute atomic E-state index is 11.7. The average molecular weight is 285 g/mol. The van der Waals surface area contributed by atoms with Crippen LogP contribution in [0.15, 0.2) is 54.6 Å². The number of nitrogens with one attached hydrogen (secondary N) is 2. The van der Waals surface area contributed by atoms with E-state index in [2.05, 4.69) is 10.6 Å². The van der Waals surface area contributed by atoms with Crippen LogP contribution in [-0.4, -0.2) is 17.4 Å². The number of carbonyl (C=O) groups is 1. The summed E-state index contributed by atoms with van der Waals surface area (Å²) >= 11 is 0. The monoisotopic (exact) mass is 285 g/mol. The first-order valence-corrected chi connectivity index (χ1v) is 6.44. The molecule has 0 aliphatic carbocycles. The van der Waals surface area contributed by atoms with Gasteiger partial charge in [0.25, 0.3) is 5.69 Å². The lowest BCUT2D eigenvalue weighted by atomic mass is 10.2. The molecule has 0 unspecified atom stereocenters. The lowest BCUT2D eigenvalue weighted by Gasteiger charge is -2.06. The molecule has 6 nitrogen and oxygen atoms in total. The van der Waals surface area contributed by atoms with E-state index in [1.54, 1.807) is 12.1 Å². The van der Waals surface area contributed by atoms with E-state index in [-0.39, 0.29) is 18.1 Å². The Hall–Kier alpha value is -2.73. The summed E-state index contributed by atoms with van der Waals surface area (Å²) in [5.74, 6) is -0.136. The van der Waals surface area contributed by atoms with E-state index in [1.807, 2.05) is 30.3 Å². The van der Waals surface area contributed by atoms with Crippen molar-refractivity contribution in [2.45, 2.75) is 6.54 Å². The maximum atomic E-state index is 11.7. The summed E-state index contributed by atoms with van der Waals surface area (Å²) in [5, 5.41) is 16.3. The zero-order valence-electron chi connectivity index (χ0n) is 11.3. The molecule has 0 aromatic heterocycles. The Morgan fingerprint density at radius 1 is 1.05 bits per heavy atom. The summed E-state index contributed by atoms with van der Waals surface area (Å²) in [5.41, 5.74) is 1.69. The molecule has 0 atom stereocenters. The summed E-state index contributed by atoms with van der Waals surface area (Å²) in [6.45, 7) is 0.645. The number of benzene rings is 2. The van der Waals surface area contributed by atoms with Gasteiger partial charge >= 0.3 is 0 Å². The molecule has 2 aromatic carbocycles. The summed E-state index contributed by atoms with van der Waals surface area (Å²) < 4.78 is 0. The number of nitro benzene ring substituents is 1. The van der Waals surface area contributed by atoms with Gasteiger partial charge in [-0.15, -0.1) is 0 Å². The molecule has 108 valence electrons. The third-order valence-corrected chi connectivity index (χ3v) is 2.82. The van der Waals surface area contributed by atoms with E-state index in [4.69, 9.17) is 0 Å². The number of nitrogens with zero attached hydrogens (tertiary/aromatic N) is 1. The normalized spacial score (nSPS) is 10.1. The van der Waals surface area contributed by atoms with Crippen LogP contribution in [0.1, 0.15) is 5.56 Å². The molecule has 21 heavy (non-hydrogen) atoms. The number of amides is 1. The molecule has 2 N–H and O–H groups in total. The Labute approximate surface area is 121 Å². The van der Waals surface area contributed by atoms with E-state index in [0.717, 1.165) is 11.3 Å². The minimum Gasteiger partial charge on any atom is -0.325 e. The molecule has 2 rings (SSSR count). The van der Waals surface area contributed by atoms with Crippen molar-refractivity contribution < 1.29 is 9.72 Å². The quantitative estimate of drug-likeness (QED) is 0.630. The van der Waals surface area contributed by atoms with Crippen molar-refractivity contribution in [3.05, 3.63) is 70.3 Å². The predicted octanol–water partition coefficient (Wildman–Crippen LogP) is 2.32. The Balaban J connectivity index is 1.76. The first kappa shape index (κ1) is 14.7. The zero-order chi connectivity index (χ0) is 15.1. The molecule has 0 saturated heterocycles. The topological polar surface area (TPSA) is 84.3 Å². The van der Waals surface area contributed by atoms with E-state index < -0.39 is 4.92 Å². The second-order valence-corrected chi connectivity index (χ2v) is 4.44. The molecule has 0 fully saturated rings. The number of anilines is 1. The molecule has 0 aliphatic heterocycles. The van der Waals surface area contributed by atoms with Crippen molar-refractivity contribution in [1.29, 1.82) is 0 Å². The molecule has 0 bridgehead atoms. The van der Waals surface area contributed by atoms with Crippen LogP contribution in [0.5, 0.6) is 0 Å². The number of rotatable bonds is 6. The van der Waals surface area contributed by atoms with Crippen molar-refractivity contribution in [3.8, 4) is 0 Å². The molecular formula is C15H15N3O3. The van der Waals surface area contributed by atoms with Gasteiger partial charge in [-0.05, 0) is 17.7 Å². The van der Waals surface area contributed by atoms with Crippen LogP contribution in [0, 0.1) is 10.1 Å². The first-order chi connectivity index (χ1) is 10.1. The van der Waals surface area contributed by atoms with Crippen molar-refractivity contribution in [2.24, 2.45) is 0 Å². The van der Waals surface area contributed by atoms with Crippen LogP contribution in [0.25, 0.3) is 0 Å². The van der Waals surface area contributed by atoms with Crippen LogP contribution >= 0.6 is 0 Å². The van der Waals surface area contributed by atoms with Crippen LogP contribution in [0.3, 0.4) is 0 Å². The van der Waals surface area contributed by atoms with Gasteiger partial charge in [-0.25, -0.2) is 0 Å². The van der Waals surface area contributed by atoms with Gasteiger partial charge in [0.1, 0.15) is 0 Å². The van der Waals surface area contributed by atoms with Gasteiger partial charge < -0.3 is 10.6 Å². The highest BCUT2D eigenvalue weighted by Crippen LogP contribution is 2.11. The van der Waals surface area contributed by atoms with Gasteiger partial charge in [0.15, 0.2) is 0 Å². The highest BCUT2D eigenvalue weighted by molar-refractivity contribution is 5.92. The number of hydrogen-bond acceptors (Lipinski definition) is 4. The van der Waals surface area contributed by atoms with Crippen molar-refractivity contribution in [1.82, 2.24) is 5.32 Å². The molecule has 1 amide bonds. The SMILES string of the molecule is O=C(CNCc1ccc([N+](=O)[O-])cc1)Nc1ccccc1. The van der Waals surface area contributed by atoms with Gasteiger partial charge in [-0.1, -0.05) is 30.3 Å². The molecule has 0 radical (unpaired) electrons. The maximum Gasteiger partial charge on any atom is 0.269 e. The number of para-hydroxylation sites is 1. The fourth-order valence-corrected chi connectivity index (χ4v) is 1.78. The molecular weight excluding hydrogens is 270 g/mol. The molecule has 0 aliphatic rings. The highest BCUT2D eigenvalue weighted by Gasteiger charge is 2.05. The zero-order valence-corrected chi connectivity index (χ0v) is 11.3. The van der Waals surface area contributed by atoms with Gasteiger partial charge in [0.05, 0.1) is 11.5 Å². The largest absolute Gasteiger partial charge is 0.325 e.